The van der Waals surface area contributed by atoms with Gasteiger partial charge in [-0.3, -0.25) is 0 Å². The SMILES string of the molecule is CCOC(=O)[C@H]1N=CO[C@H]1c1ccccc1C. The van der Waals surface area contributed by atoms with Crippen LogP contribution in [0.2, 0.25) is 0 Å². The molecular weight excluding hydrogens is 218 g/mol. The highest BCUT2D eigenvalue weighted by molar-refractivity contribution is 5.80. The van der Waals surface area contributed by atoms with Crippen LogP contribution in [0, 0.1) is 6.92 Å². The Kier molecular flexibility index (Phi) is 3.42. The molecule has 90 valence electrons. The lowest BCUT2D eigenvalue weighted by Crippen LogP contribution is -2.26. The topological polar surface area (TPSA) is 47.9 Å². The molecule has 0 amide bonds. The molecule has 0 spiro atoms. The Morgan fingerprint density at radius 3 is 2.94 bits per heavy atom. The van der Waals surface area contributed by atoms with Crippen LogP contribution in [0.15, 0.2) is 29.3 Å². The van der Waals surface area contributed by atoms with E-state index in [-0.39, 0.29) is 12.1 Å². The molecule has 1 heterocycles. The highest BCUT2D eigenvalue weighted by Crippen LogP contribution is 2.29. The lowest BCUT2D eigenvalue weighted by Gasteiger charge is -2.18. The minimum Gasteiger partial charge on any atom is -0.473 e. The van der Waals surface area contributed by atoms with Crippen LogP contribution in [0.5, 0.6) is 0 Å². The van der Waals surface area contributed by atoms with Crippen LogP contribution in [0.25, 0.3) is 0 Å². The number of esters is 1. The second-order valence-electron chi connectivity index (χ2n) is 3.86. The summed E-state index contributed by atoms with van der Waals surface area (Å²) in [5.41, 5.74) is 2.06. The van der Waals surface area contributed by atoms with E-state index in [0.29, 0.717) is 6.61 Å². The van der Waals surface area contributed by atoms with Crippen molar-refractivity contribution in [1.82, 2.24) is 0 Å². The molecule has 4 nitrogen and oxygen atoms in total. The Bertz CT molecular complexity index is 442. The minimum atomic E-state index is -0.587. The summed E-state index contributed by atoms with van der Waals surface area (Å²) in [5, 5.41) is 0. The highest BCUT2D eigenvalue weighted by Gasteiger charge is 2.35. The molecule has 0 fully saturated rings. The Labute approximate surface area is 100 Å². The Morgan fingerprint density at radius 2 is 2.24 bits per heavy atom. The van der Waals surface area contributed by atoms with Gasteiger partial charge in [0.05, 0.1) is 6.61 Å². The molecule has 17 heavy (non-hydrogen) atoms. The van der Waals surface area contributed by atoms with Crippen LogP contribution < -0.4 is 0 Å². The van der Waals surface area contributed by atoms with E-state index in [2.05, 4.69) is 4.99 Å². The quantitative estimate of drug-likeness (QED) is 0.750. The van der Waals surface area contributed by atoms with Crippen molar-refractivity contribution >= 4 is 12.4 Å². The third-order valence-corrected chi connectivity index (χ3v) is 2.74. The zero-order valence-electron chi connectivity index (χ0n) is 9.92. The van der Waals surface area contributed by atoms with Crippen LogP contribution >= 0.6 is 0 Å². The van der Waals surface area contributed by atoms with Gasteiger partial charge in [0.2, 0.25) is 0 Å². The predicted molar refractivity (Wildman–Crippen MR) is 63.9 cm³/mol. The number of aliphatic imine (C=N–C) groups is 1. The fourth-order valence-electron chi connectivity index (χ4n) is 1.88. The molecule has 2 rings (SSSR count). The highest BCUT2D eigenvalue weighted by atomic mass is 16.5. The number of nitrogens with zero attached hydrogens (tertiary/aromatic N) is 1. The van der Waals surface area contributed by atoms with Crippen molar-refractivity contribution in [3.63, 3.8) is 0 Å². The maximum Gasteiger partial charge on any atom is 0.335 e. The number of carbonyl (C=O) groups is 1. The Hall–Kier alpha value is -1.84. The molecule has 0 aromatic heterocycles. The predicted octanol–water partition coefficient (Wildman–Crippen LogP) is 2.03. The van der Waals surface area contributed by atoms with Gasteiger partial charge in [0.1, 0.15) is 0 Å². The zero-order valence-corrected chi connectivity index (χ0v) is 9.92. The first kappa shape index (κ1) is 11.6. The third kappa shape index (κ3) is 2.30. The monoisotopic (exact) mass is 233 g/mol. The van der Waals surface area contributed by atoms with Gasteiger partial charge >= 0.3 is 5.97 Å². The first-order valence-electron chi connectivity index (χ1n) is 5.63. The average Bonchev–Trinajstić information content (AvgIpc) is 2.79. The van der Waals surface area contributed by atoms with Crippen LogP contribution in [-0.4, -0.2) is 25.0 Å². The van der Waals surface area contributed by atoms with Crippen molar-refractivity contribution < 1.29 is 14.3 Å². The zero-order chi connectivity index (χ0) is 12.3. The molecule has 1 aromatic rings. The van der Waals surface area contributed by atoms with Gasteiger partial charge in [-0.15, -0.1) is 0 Å². The lowest BCUT2D eigenvalue weighted by atomic mass is 9.98. The van der Waals surface area contributed by atoms with E-state index in [9.17, 15) is 4.79 Å². The van der Waals surface area contributed by atoms with Crippen LogP contribution in [-0.2, 0) is 14.3 Å². The van der Waals surface area contributed by atoms with Crippen molar-refractivity contribution in [1.29, 1.82) is 0 Å². The molecule has 0 saturated carbocycles. The number of aryl methyl sites for hydroxylation is 1. The van der Waals surface area contributed by atoms with E-state index >= 15 is 0 Å². The van der Waals surface area contributed by atoms with Gasteiger partial charge in [-0.05, 0) is 25.0 Å². The van der Waals surface area contributed by atoms with Crippen molar-refractivity contribution in [3.05, 3.63) is 35.4 Å². The van der Waals surface area contributed by atoms with Gasteiger partial charge in [0, 0.05) is 0 Å². The number of hydrogen-bond acceptors (Lipinski definition) is 4. The van der Waals surface area contributed by atoms with Crippen LogP contribution in [0.1, 0.15) is 24.2 Å². The molecule has 1 aromatic carbocycles. The smallest absolute Gasteiger partial charge is 0.335 e. The summed E-state index contributed by atoms with van der Waals surface area (Å²) in [6, 6.07) is 7.22. The van der Waals surface area contributed by atoms with Crippen molar-refractivity contribution in [3.8, 4) is 0 Å². The molecule has 2 atom stereocenters. The molecule has 1 aliphatic heterocycles. The fraction of sp³-hybridized carbons (Fsp3) is 0.385. The summed E-state index contributed by atoms with van der Waals surface area (Å²) in [6.07, 6.45) is 0.967. The van der Waals surface area contributed by atoms with Gasteiger partial charge in [-0.25, -0.2) is 9.79 Å². The first-order valence-corrected chi connectivity index (χ1v) is 5.63. The van der Waals surface area contributed by atoms with Crippen LogP contribution in [0.3, 0.4) is 0 Å². The Morgan fingerprint density at radius 1 is 1.47 bits per heavy atom. The summed E-state index contributed by atoms with van der Waals surface area (Å²) in [7, 11) is 0. The minimum absolute atomic E-state index is 0.338. The molecule has 0 radical (unpaired) electrons. The van der Waals surface area contributed by atoms with E-state index < -0.39 is 6.04 Å². The second-order valence-corrected chi connectivity index (χ2v) is 3.86. The molecule has 0 bridgehead atoms. The number of ether oxygens (including phenoxy) is 2. The molecule has 0 aliphatic carbocycles. The van der Waals surface area contributed by atoms with Crippen molar-refractivity contribution in [2.75, 3.05) is 6.61 Å². The van der Waals surface area contributed by atoms with Gasteiger partial charge in [-0.2, -0.15) is 0 Å². The fourth-order valence-corrected chi connectivity index (χ4v) is 1.88. The first-order chi connectivity index (χ1) is 8.24. The standard InChI is InChI=1S/C13H15NO3/c1-3-16-13(15)11-12(17-8-14-11)10-7-5-4-6-9(10)2/h4-8,11-12H,3H2,1-2H3/t11-,12-/m0/s1. The van der Waals surface area contributed by atoms with Crippen molar-refractivity contribution in [2.45, 2.75) is 26.0 Å². The number of carbonyl (C=O) groups excluding carboxylic acids is 1. The maximum absolute atomic E-state index is 11.7. The summed E-state index contributed by atoms with van der Waals surface area (Å²) < 4.78 is 10.4. The largest absolute Gasteiger partial charge is 0.473 e. The van der Waals surface area contributed by atoms with Crippen molar-refractivity contribution in [2.24, 2.45) is 4.99 Å². The number of benzene rings is 1. The van der Waals surface area contributed by atoms with Gasteiger partial charge in [0.15, 0.2) is 18.5 Å². The molecular formula is C13H15NO3. The molecule has 4 heteroatoms. The number of rotatable bonds is 3. The van der Waals surface area contributed by atoms with Gasteiger partial charge in [0.25, 0.3) is 0 Å². The molecule has 0 unspecified atom stereocenters. The van der Waals surface area contributed by atoms with E-state index in [1.165, 1.54) is 6.40 Å². The van der Waals surface area contributed by atoms with E-state index in [4.69, 9.17) is 9.47 Å². The maximum atomic E-state index is 11.7. The second kappa shape index (κ2) is 4.99. The summed E-state index contributed by atoms with van der Waals surface area (Å²) in [5.74, 6) is -0.338. The normalized spacial score (nSPS) is 22.2. The third-order valence-electron chi connectivity index (χ3n) is 2.74. The summed E-state index contributed by atoms with van der Waals surface area (Å²) >= 11 is 0. The summed E-state index contributed by atoms with van der Waals surface area (Å²) in [4.78, 5) is 15.8. The molecule has 0 saturated heterocycles. The average molecular weight is 233 g/mol. The van der Waals surface area contributed by atoms with Gasteiger partial charge < -0.3 is 9.47 Å². The summed E-state index contributed by atoms with van der Waals surface area (Å²) in [6.45, 7) is 4.12. The Balaban J connectivity index is 2.22. The van der Waals surface area contributed by atoms with E-state index in [0.717, 1.165) is 11.1 Å². The van der Waals surface area contributed by atoms with Crippen LogP contribution in [0.4, 0.5) is 0 Å². The molecule has 1 aliphatic rings. The molecule has 0 N–H and O–H groups in total. The lowest BCUT2D eigenvalue weighted by molar-refractivity contribution is -0.146. The van der Waals surface area contributed by atoms with E-state index in [1.54, 1.807) is 6.92 Å². The number of hydrogen-bond donors (Lipinski definition) is 0. The van der Waals surface area contributed by atoms with E-state index in [1.807, 2.05) is 31.2 Å². The van der Waals surface area contributed by atoms with Gasteiger partial charge in [-0.1, -0.05) is 24.3 Å².